The van der Waals surface area contributed by atoms with E-state index in [1.54, 1.807) is 0 Å². The van der Waals surface area contributed by atoms with Crippen molar-refractivity contribution in [3.63, 3.8) is 0 Å². The van der Waals surface area contributed by atoms with Crippen molar-refractivity contribution in [3.05, 3.63) is 66.6 Å². The molecule has 1 saturated heterocycles. The molecule has 7 rings (SSSR count). The number of fused-ring (bicyclic) bond motifs is 2. The SMILES string of the molecule is c1ccc(-c2cc3c(-c4nc(N5CCCCC5)c5c(C6CC6)cncc5n4)ccnc3[nH]2)cc1. The highest BCUT2D eigenvalue weighted by Gasteiger charge is 2.29. The molecule has 6 nitrogen and oxygen atoms in total. The van der Waals surface area contributed by atoms with Gasteiger partial charge in [-0.2, -0.15) is 0 Å². The number of H-pyrrole nitrogens is 1. The zero-order valence-corrected chi connectivity index (χ0v) is 19.0. The topological polar surface area (TPSA) is 70.6 Å². The summed E-state index contributed by atoms with van der Waals surface area (Å²) in [6.45, 7) is 2.10. The molecule has 0 atom stereocenters. The quantitative estimate of drug-likeness (QED) is 0.361. The van der Waals surface area contributed by atoms with Crippen molar-refractivity contribution in [2.45, 2.75) is 38.0 Å². The van der Waals surface area contributed by atoms with Crippen LogP contribution in [-0.2, 0) is 0 Å². The zero-order chi connectivity index (χ0) is 22.5. The Morgan fingerprint density at radius 2 is 1.76 bits per heavy atom. The molecule has 2 aliphatic rings. The molecule has 1 aromatic carbocycles. The van der Waals surface area contributed by atoms with Gasteiger partial charge in [-0.3, -0.25) is 4.98 Å². The van der Waals surface area contributed by atoms with Crippen LogP contribution in [0.15, 0.2) is 61.1 Å². The van der Waals surface area contributed by atoms with E-state index in [2.05, 4.69) is 50.2 Å². The van der Waals surface area contributed by atoms with Crippen LogP contribution in [0, 0.1) is 0 Å². The number of anilines is 1. The normalized spacial score (nSPS) is 16.4. The predicted octanol–water partition coefficient (Wildman–Crippen LogP) is 6.10. The van der Waals surface area contributed by atoms with E-state index in [0.29, 0.717) is 5.92 Å². The van der Waals surface area contributed by atoms with Crippen molar-refractivity contribution >= 4 is 27.8 Å². The molecule has 1 N–H and O–H groups in total. The molecule has 1 aliphatic heterocycles. The second-order valence-electron chi connectivity index (χ2n) is 9.49. The molecule has 0 spiro atoms. The number of nitrogens with one attached hydrogen (secondary N) is 1. The lowest BCUT2D eigenvalue weighted by atomic mass is 10.0. The molecule has 0 amide bonds. The van der Waals surface area contributed by atoms with Gasteiger partial charge in [-0.05, 0) is 61.3 Å². The Labute approximate surface area is 198 Å². The third-order valence-electron chi connectivity index (χ3n) is 7.15. The van der Waals surface area contributed by atoms with Crippen LogP contribution in [0.25, 0.3) is 44.6 Å². The van der Waals surface area contributed by atoms with Gasteiger partial charge >= 0.3 is 0 Å². The molecule has 5 heterocycles. The van der Waals surface area contributed by atoms with Gasteiger partial charge in [0.1, 0.15) is 11.5 Å². The van der Waals surface area contributed by atoms with Crippen LogP contribution in [0.3, 0.4) is 0 Å². The second-order valence-corrected chi connectivity index (χ2v) is 9.49. The Bertz CT molecular complexity index is 1500. The lowest BCUT2D eigenvalue weighted by Gasteiger charge is -2.29. The smallest absolute Gasteiger partial charge is 0.163 e. The van der Waals surface area contributed by atoms with E-state index in [-0.39, 0.29) is 0 Å². The summed E-state index contributed by atoms with van der Waals surface area (Å²) in [4.78, 5) is 25.4. The minimum atomic E-state index is 0.597. The van der Waals surface area contributed by atoms with E-state index in [1.165, 1.54) is 43.1 Å². The summed E-state index contributed by atoms with van der Waals surface area (Å²) in [5.41, 5.74) is 6.30. The molecular weight excluding hydrogens is 420 g/mol. The standard InChI is InChI=1S/C28H26N6/c1-3-7-19(8-4-1)23-15-21-20(11-12-30-26(21)31-23)27-32-24-17-29-16-22(18-9-10-18)25(24)28(33-27)34-13-5-2-6-14-34/h1,3-4,7-8,11-12,15-18H,2,5-6,9-10,13-14H2,(H,30,31). The first kappa shape index (κ1) is 19.6. The van der Waals surface area contributed by atoms with Crippen LogP contribution in [0.5, 0.6) is 0 Å². The maximum absolute atomic E-state index is 5.24. The average molecular weight is 447 g/mol. The molecule has 4 aromatic heterocycles. The first-order valence-corrected chi connectivity index (χ1v) is 12.3. The Kier molecular flexibility index (Phi) is 4.57. The number of hydrogen-bond donors (Lipinski definition) is 1. The lowest BCUT2D eigenvalue weighted by Crippen LogP contribution is -2.30. The highest BCUT2D eigenvalue weighted by molar-refractivity contribution is 5.98. The van der Waals surface area contributed by atoms with Gasteiger partial charge in [-0.15, -0.1) is 0 Å². The van der Waals surface area contributed by atoms with E-state index in [9.17, 15) is 0 Å². The van der Waals surface area contributed by atoms with Crippen molar-refractivity contribution in [1.82, 2.24) is 24.9 Å². The lowest BCUT2D eigenvalue weighted by molar-refractivity contribution is 0.574. The Hall–Kier alpha value is -3.80. The van der Waals surface area contributed by atoms with E-state index in [4.69, 9.17) is 9.97 Å². The first-order valence-electron chi connectivity index (χ1n) is 12.3. The summed E-state index contributed by atoms with van der Waals surface area (Å²) in [7, 11) is 0. The van der Waals surface area contributed by atoms with E-state index >= 15 is 0 Å². The third kappa shape index (κ3) is 3.33. The number of rotatable bonds is 4. The largest absolute Gasteiger partial charge is 0.356 e. The predicted molar refractivity (Wildman–Crippen MR) is 136 cm³/mol. The van der Waals surface area contributed by atoms with Gasteiger partial charge in [0.2, 0.25) is 0 Å². The van der Waals surface area contributed by atoms with Gasteiger partial charge in [0.15, 0.2) is 5.82 Å². The van der Waals surface area contributed by atoms with Gasteiger partial charge in [0.05, 0.1) is 11.7 Å². The molecule has 0 unspecified atom stereocenters. The number of hydrogen-bond acceptors (Lipinski definition) is 5. The van der Waals surface area contributed by atoms with Crippen LogP contribution in [0.4, 0.5) is 5.82 Å². The van der Waals surface area contributed by atoms with Gasteiger partial charge in [-0.25, -0.2) is 15.0 Å². The number of pyridine rings is 2. The van der Waals surface area contributed by atoms with Crippen molar-refractivity contribution in [3.8, 4) is 22.6 Å². The molecule has 0 bridgehead atoms. The summed E-state index contributed by atoms with van der Waals surface area (Å²) in [6, 6.07) is 14.6. The first-order chi connectivity index (χ1) is 16.8. The maximum Gasteiger partial charge on any atom is 0.163 e. The third-order valence-corrected chi connectivity index (χ3v) is 7.15. The molecule has 168 valence electrons. The molecular formula is C28H26N6. The fourth-order valence-corrected chi connectivity index (χ4v) is 5.24. The molecule has 2 fully saturated rings. The minimum Gasteiger partial charge on any atom is -0.356 e. The molecule has 1 aliphatic carbocycles. The van der Waals surface area contributed by atoms with Crippen molar-refractivity contribution in [2.75, 3.05) is 18.0 Å². The van der Waals surface area contributed by atoms with Gasteiger partial charge in [0, 0.05) is 47.5 Å². The number of piperidine rings is 1. The van der Waals surface area contributed by atoms with Crippen molar-refractivity contribution < 1.29 is 0 Å². The van der Waals surface area contributed by atoms with E-state index < -0.39 is 0 Å². The average Bonchev–Trinajstić information content (AvgIpc) is 3.66. The van der Waals surface area contributed by atoms with Gasteiger partial charge in [0.25, 0.3) is 0 Å². The number of benzene rings is 1. The number of aromatic amines is 1. The highest BCUT2D eigenvalue weighted by Crippen LogP contribution is 2.45. The molecule has 5 aromatic rings. The highest BCUT2D eigenvalue weighted by atomic mass is 15.2. The number of nitrogens with zero attached hydrogens (tertiary/aromatic N) is 5. The summed E-state index contributed by atoms with van der Waals surface area (Å²) >= 11 is 0. The zero-order valence-electron chi connectivity index (χ0n) is 19.0. The fraction of sp³-hybridized carbons (Fsp3) is 0.286. The van der Waals surface area contributed by atoms with Crippen LogP contribution >= 0.6 is 0 Å². The van der Waals surface area contributed by atoms with Gasteiger partial charge < -0.3 is 9.88 Å². The monoisotopic (exact) mass is 446 g/mol. The molecule has 34 heavy (non-hydrogen) atoms. The minimum absolute atomic E-state index is 0.597. The maximum atomic E-state index is 5.24. The molecule has 6 heteroatoms. The van der Waals surface area contributed by atoms with Crippen LogP contribution in [0.1, 0.15) is 43.6 Å². The summed E-state index contributed by atoms with van der Waals surface area (Å²) in [5, 5.41) is 2.24. The van der Waals surface area contributed by atoms with Crippen LogP contribution < -0.4 is 4.90 Å². The summed E-state index contributed by atoms with van der Waals surface area (Å²) < 4.78 is 0. The van der Waals surface area contributed by atoms with Crippen LogP contribution in [0.2, 0.25) is 0 Å². The van der Waals surface area contributed by atoms with Crippen LogP contribution in [-0.4, -0.2) is 38.0 Å². The van der Waals surface area contributed by atoms with E-state index in [1.807, 2.05) is 30.7 Å². The molecule has 0 radical (unpaired) electrons. The Morgan fingerprint density at radius 3 is 2.59 bits per heavy atom. The Morgan fingerprint density at radius 1 is 0.912 bits per heavy atom. The summed E-state index contributed by atoms with van der Waals surface area (Å²) in [5.74, 6) is 2.42. The van der Waals surface area contributed by atoms with E-state index in [0.717, 1.165) is 58.1 Å². The van der Waals surface area contributed by atoms with Gasteiger partial charge in [-0.1, -0.05) is 30.3 Å². The Balaban J connectivity index is 1.44. The second kappa shape index (κ2) is 7.90. The molecule has 1 saturated carbocycles. The van der Waals surface area contributed by atoms with Crippen molar-refractivity contribution in [2.24, 2.45) is 0 Å². The number of aromatic nitrogens is 5. The van der Waals surface area contributed by atoms with Crippen molar-refractivity contribution in [1.29, 1.82) is 0 Å². The fourth-order valence-electron chi connectivity index (χ4n) is 5.24. The summed E-state index contributed by atoms with van der Waals surface area (Å²) in [6.07, 6.45) is 12.0.